The van der Waals surface area contributed by atoms with Crippen molar-refractivity contribution >= 4 is 14.4 Å². The Morgan fingerprint density at radius 3 is 2.12 bits per heavy atom. The quantitative estimate of drug-likeness (QED) is 0.705. The number of carbonyl (C=O) groups is 1. The molecule has 0 spiro atoms. The molecule has 0 aliphatic rings. The normalized spacial score (nSPS) is 15.3. The first-order valence-corrected chi connectivity index (χ1v) is 12.0. The van der Waals surface area contributed by atoms with Gasteiger partial charge in [-0.05, 0) is 44.5 Å². The first-order chi connectivity index (χ1) is 11.7. The number of alkyl carbamates (subject to hydrolysis) is 1. The van der Waals surface area contributed by atoms with E-state index in [9.17, 15) is 9.90 Å². The molecule has 0 aromatic heterocycles. The van der Waals surface area contributed by atoms with E-state index in [0.717, 1.165) is 5.56 Å². The lowest BCUT2D eigenvalue weighted by molar-refractivity contribution is 0.0330. The molecule has 0 fully saturated rings. The second-order valence-electron chi connectivity index (χ2n) is 9.17. The van der Waals surface area contributed by atoms with E-state index in [1.165, 1.54) is 0 Å². The van der Waals surface area contributed by atoms with Gasteiger partial charge in [0.1, 0.15) is 11.7 Å². The Morgan fingerprint density at radius 1 is 1.12 bits per heavy atom. The number of amides is 1. The van der Waals surface area contributed by atoms with Gasteiger partial charge in [-0.3, -0.25) is 0 Å². The van der Waals surface area contributed by atoms with E-state index in [1.54, 1.807) is 20.8 Å². The van der Waals surface area contributed by atoms with E-state index in [2.05, 4.69) is 39.2 Å². The number of ether oxygens (including phenoxy) is 1. The highest BCUT2D eigenvalue weighted by atomic mass is 28.4. The summed E-state index contributed by atoms with van der Waals surface area (Å²) < 4.78 is 11.5. The largest absolute Gasteiger partial charge is 0.444 e. The van der Waals surface area contributed by atoms with Crippen molar-refractivity contribution in [2.75, 3.05) is 6.61 Å². The molecule has 1 rings (SSSR count). The molecule has 2 atom stereocenters. The maximum absolute atomic E-state index is 12.2. The molecule has 6 heteroatoms. The molecule has 26 heavy (non-hydrogen) atoms. The first-order valence-electron chi connectivity index (χ1n) is 9.09. The topological polar surface area (TPSA) is 67.8 Å². The molecule has 148 valence electrons. The number of nitrogens with one attached hydrogen (secondary N) is 1. The Bertz CT molecular complexity index is 576. The Balaban J connectivity index is 2.90. The van der Waals surface area contributed by atoms with Gasteiger partial charge in [-0.15, -0.1) is 0 Å². The highest BCUT2D eigenvalue weighted by Gasteiger charge is 2.38. The van der Waals surface area contributed by atoms with Gasteiger partial charge in [-0.2, -0.15) is 0 Å². The molecule has 0 saturated heterocycles. The number of benzene rings is 1. The second-order valence-corrected chi connectivity index (χ2v) is 14.0. The Morgan fingerprint density at radius 2 is 1.65 bits per heavy atom. The number of aliphatic hydroxyl groups is 1. The average Bonchev–Trinajstić information content (AvgIpc) is 2.48. The van der Waals surface area contributed by atoms with E-state index in [0.29, 0.717) is 0 Å². The summed E-state index contributed by atoms with van der Waals surface area (Å²) in [6.45, 7) is 16.3. The van der Waals surface area contributed by atoms with E-state index in [1.807, 2.05) is 30.3 Å². The lowest BCUT2D eigenvalue weighted by Crippen LogP contribution is -2.46. The molecular formula is C20H35NO4Si. The third kappa shape index (κ3) is 7.09. The molecule has 0 aliphatic carbocycles. The number of hydrogen-bond acceptors (Lipinski definition) is 4. The molecule has 2 N–H and O–H groups in total. The average molecular weight is 382 g/mol. The van der Waals surface area contributed by atoms with Crippen molar-refractivity contribution in [3.05, 3.63) is 35.9 Å². The molecular weight excluding hydrogens is 346 g/mol. The van der Waals surface area contributed by atoms with Gasteiger partial charge in [0.2, 0.25) is 0 Å². The van der Waals surface area contributed by atoms with Crippen LogP contribution in [0, 0.1) is 0 Å². The lowest BCUT2D eigenvalue weighted by atomic mass is 10.0. The summed E-state index contributed by atoms with van der Waals surface area (Å²) in [7, 11) is -2.00. The first kappa shape index (κ1) is 22.7. The van der Waals surface area contributed by atoms with Crippen LogP contribution in [0.25, 0.3) is 0 Å². The Hall–Kier alpha value is -1.37. The number of rotatable bonds is 6. The summed E-state index contributed by atoms with van der Waals surface area (Å²) in [5.41, 5.74) is 0.207. The maximum atomic E-state index is 12.2. The van der Waals surface area contributed by atoms with Crippen LogP contribution < -0.4 is 5.32 Å². The van der Waals surface area contributed by atoms with E-state index in [4.69, 9.17) is 9.16 Å². The van der Waals surface area contributed by atoms with Gasteiger partial charge < -0.3 is 19.6 Å². The molecule has 1 aromatic rings. The van der Waals surface area contributed by atoms with Crippen molar-refractivity contribution in [3.8, 4) is 0 Å². The highest BCUT2D eigenvalue weighted by molar-refractivity contribution is 6.74. The minimum absolute atomic E-state index is 0.0492. The van der Waals surface area contributed by atoms with Crippen molar-refractivity contribution in [3.63, 3.8) is 0 Å². The Labute approximate surface area is 159 Å². The van der Waals surface area contributed by atoms with Crippen LogP contribution >= 0.6 is 0 Å². The molecule has 5 nitrogen and oxygen atoms in total. The number of hydrogen-bond donors (Lipinski definition) is 2. The van der Waals surface area contributed by atoms with Gasteiger partial charge in [0.05, 0.1) is 12.6 Å². The molecule has 0 unspecified atom stereocenters. The molecule has 0 bridgehead atoms. The van der Waals surface area contributed by atoms with E-state index >= 15 is 0 Å². The molecule has 0 aliphatic heterocycles. The monoisotopic (exact) mass is 381 g/mol. The Kier molecular flexibility index (Phi) is 7.45. The summed E-state index contributed by atoms with van der Waals surface area (Å²) in [6, 6.07) is 8.79. The predicted molar refractivity (Wildman–Crippen MR) is 108 cm³/mol. The minimum atomic E-state index is -2.00. The maximum Gasteiger partial charge on any atom is 0.408 e. The van der Waals surface area contributed by atoms with Crippen molar-refractivity contribution in [1.29, 1.82) is 0 Å². The standard InChI is InChI=1S/C20H35NO4Si/c1-19(2,3)25-18(23)21-17(15-12-10-9-11-13-15)16(22)14-24-26(7,8)20(4,5)6/h9-13,16-17,22H,14H2,1-8H3,(H,21,23)/t16-,17-/m1/s1. The third-order valence-electron chi connectivity index (χ3n) is 4.64. The van der Waals surface area contributed by atoms with Crippen LogP contribution in [0.3, 0.4) is 0 Å². The van der Waals surface area contributed by atoms with Gasteiger partial charge in [-0.25, -0.2) is 4.79 Å². The van der Waals surface area contributed by atoms with Crippen LogP contribution in [0.15, 0.2) is 30.3 Å². The predicted octanol–water partition coefficient (Wildman–Crippen LogP) is 4.64. The summed E-state index contributed by atoms with van der Waals surface area (Å²) >= 11 is 0. The molecule has 0 radical (unpaired) electrons. The van der Waals surface area contributed by atoms with Crippen LogP contribution in [-0.4, -0.2) is 37.8 Å². The summed E-state index contributed by atoms with van der Waals surface area (Å²) in [6.07, 6.45) is -1.43. The fourth-order valence-corrected chi connectivity index (χ4v) is 3.12. The zero-order valence-electron chi connectivity index (χ0n) is 17.4. The molecule has 0 heterocycles. The van der Waals surface area contributed by atoms with Gasteiger partial charge in [0, 0.05) is 0 Å². The zero-order chi connectivity index (χ0) is 20.2. The number of carbonyl (C=O) groups excluding carboxylic acids is 1. The summed E-state index contributed by atoms with van der Waals surface area (Å²) in [5, 5.41) is 13.6. The van der Waals surface area contributed by atoms with Gasteiger partial charge >= 0.3 is 6.09 Å². The molecule has 1 amide bonds. The van der Waals surface area contributed by atoms with Crippen LogP contribution in [0.4, 0.5) is 4.79 Å². The molecule has 0 saturated carbocycles. The SMILES string of the molecule is CC(C)(C)OC(=O)N[C@H](c1ccccc1)[C@H](O)CO[Si](C)(C)C(C)(C)C. The smallest absolute Gasteiger partial charge is 0.408 e. The van der Waals surface area contributed by atoms with Crippen molar-refractivity contribution in [2.24, 2.45) is 0 Å². The highest BCUT2D eigenvalue weighted by Crippen LogP contribution is 2.36. The fraction of sp³-hybridized carbons (Fsp3) is 0.650. The second kappa shape index (κ2) is 8.54. The minimum Gasteiger partial charge on any atom is -0.444 e. The van der Waals surface area contributed by atoms with Crippen LogP contribution in [-0.2, 0) is 9.16 Å². The number of aliphatic hydroxyl groups excluding tert-OH is 1. The fourth-order valence-electron chi connectivity index (χ4n) is 2.10. The van der Waals surface area contributed by atoms with Crippen molar-refractivity contribution in [2.45, 2.75) is 77.4 Å². The zero-order valence-corrected chi connectivity index (χ0v) is 18.4. The van der Waals surface area contributed by atoms with E-state index < -0.39 is 32.2 Å². The van der Waals surface area contributed by atoms with E-state index in [-0.39, 0.29) is 11.6 Å². The van der Waals surface area contributed by atoms with Gasteiger partial charge in [0.15, 0.2) is 8.32 Å². The lowest BCUT2D eigenvalue weighted by Gasteiger charge is -2.37. The van der Waals surface area contributed by atoms with Crippen molar-refractivity contribution in [1.82, 2.24) is 5.32 Å². The third-order valence-corrected chi connectivity index (χ3v) is 9.14. The summed E-state index contributed by atoms with van der Waals surface area (Å²) in [4.78, 5) is 12.2. The van der Waals surface area contributed by atoms with Crippen LogP contribution in [0.2, 0.25) is 18.1 Å². The summed E-state index contributed by atoms with van der Waals surface area (Å²) in [5.74, 6) is 0. The van der Waals surface area contributed by atoms with Gasteiger partial charge in [-0.1, -0.05) is 51.1 Å². The van der Waals surface area contributed by atoms with Crippen LogP contribution in [0.5, 0.6) is 0 Å². The molecule has 1 aromatic carbocycles. The van der Waals surface area contributed by atoms with Gasteiger partial charge in [0.25, 0.3) is 0 Å². The van der Waals surface area contributed by atoms with Crippen molar-refractivity contribution < 1.29 is 19.1 Å². The van der Waals surface area contributed by atoms with Crippen LogP contribution in [0.1, 0.15) is 53.1 Å².